The predicted octanol–water partition coefficient (Wildman–Crippen LogP) is 1.42. The molecule has 1 amide bonds. The van der Waals surface area contributed by atoms with Crippen LogP contribution in [0.3, 0.4) is 0 Å². The summed E-state index contributed by atoms with van der Waals surface area (Å²) in [6, 6.07) is 0. The number of rotatable bonds is 6. The van der Waals surface area contributed by atoms with Gasteiger partial charge in [0.25, 0.3) is 0 Å². The standard InChI is InChI=1S/C15H28N2O2/c16-10-12-4-3-5-13(12)14(19)17-11-15(8-9-18)6-1-2-7-15/h12-13,18H,1-11,16H2,(H,17,19)/t12-,13-/m1/s1. The van der Waals surface area contributed by atoms with Gasteiger partial charge in [0.15, 0.2) is 0 Å². The van der Waals surface area contributed by atoms with E-state index in [0.717, 1.165) is 45.1 Å². The zero-order valence-electron chi connectivity index (χ0n) is 11.9. The molecule has 0 heterocycles. The van der Waals surface area contributed by atoms with E-state index in [2.05, 4.69) is 5.32 Å². The molecule has 4 nitrogen and oxygen atoms in total. The Bertz CT molecular complexity index is 301. The van der Waals surface area contributed by atoms with Gasteiger partial charge in [0.1, 0.15) is 0 Å². The number of amides is 1. The summed E-state index contributed by atoms with van der Waals surface area (Å²) in [4.78, 5) is 12.3. The number of carbonyl (C=O) groups is 1. The Hall–Kier alpha value is -0.610. The third kappa shape index (κ3) is 3.48. The molecule has 0 saturated heterocycles. The van der Waals surface area contributed by atoms with Gasteiger partial charge in [-0.25, -0.2) is 0 Å². The average Bonchev–Trinajstić information content (AvgIpc) is 3.05. The number of carbonyl (C=O) groups excluding carboxylic acids is 1. The van der Waals surface area contributed by atoms with Crippen molar-refractivity contribution in [3.8, 4) is 0 Å². The summed E-state index contributed by atoms with van der Waals surface area (Å²) in [6.45, 7) is 1.59. The molecule has 2 aliphatic rings. The molecular formula is C15H28N2O2. The Labute approximate surface area is 116 Å². The van der Waals surface area contributed by atoms with Crippen molar-refractivity contribution in [2.24, 2.45) is 23.0 Å². The van der Waals surface area contributed by atoms with Crippen molar-refractivity contribution in [1.82, 2.24) is 5.32 Å². The smallest absolute Gasteiger partial charge is 0.223 e. The summed E-state index contributed by atoms with van der Waals surface area (Å²) in [6.07, 6.45) is 8.75. The number of aliphatic hydroxyl groups excluding tert-OH is 1. The molecule has 2 aliphatic carbocycles. The first-order valence-electron chi connectivity index (χ1n) is 7.79. The fraction of sp³-hybridized carbons (Fsp3) is 0.933. The Morgan fingerprint density at radius 2 is 2.00 bits per heavy atom. The molecule has 0 spiro atoms. The third-order valence-corrected chi connectivity index (χ3v) is 5.24. The van der Waals surface area contributed by atoms with Gasteiger partial charge in [-0.3, -0.25) is 4.79 Å². The molecule has 2 fully saturated rings. The molecule has 110 valence electrons. The van der Waals surface area contributed by atoms with Crippen LogP contribution in [0.2, 0.25) is 0 Å². The normalized spacial score (nSPS) is 29.6. The van der Waals surface area contributed by atoms with E-state index >= 15 is 0 Å². The highest BCUT2D eigenvalue weighted by Gasteiger charge is 2.36. The first kappa shape index (κ1) is 14.8. The molecule has 2 atom stereocenters. The SMILES string of the molecule is NC[C@H]1CCC[C@H]1C(=O)NCC1(CCO)CCCC1. The summed E-state index contributed by atoms with van der Waals surface area (Å²) in [5.41, 5.74) is 5.89. The zero-order chi connectivity index (χ0) is 13.7. The second kappa shape index (κ2) is 6.71. The van der Waals surface area contributed by atoms with Crippen LogP contribution < -0.4 is 11.1 Å². The predicted molar refractivity (Wildman–Crippen MR) is 75.5 cm³/mol. The van der Waals surface area contributed by atoms with E-state index < -0.39 is 0 Å². The van der Waals surface area contributed by atoms with E-state index in [4.69, 9.17) is 5.73 Å². The molecule has 2 rings (SSSR count). The average molecular weight is 268 g/mol. The van der Waals surface area contributed by atoms with Gasteiger partial charge < -0.3 is 16.2 Å². The number of nitrogens with one attached hydrogen (secondary N) is 1. The summed E-state index contributed by atoms with van der Waals surface area (Å²) in [5, 5.41) is 12.4. The lowest BCUT2D eigenvalue weighted by atomic mass is 9.82. The minimum atomic E-state index is 0.123. The first-order chi connectivity index (χ1) is 9.21. The molecule has 0 aromatic rings. The molecule has 0 bridgehead atoms. The summed E-state index contributed by atoms with van der Waals surface area (Å²) < 4.78 is 0. The van der Waals surface area contributed by atoms with Crippen molar-refractivity contribution in [2.45, 2.75) is 51.4 Å². The fourth-order valence-corrected chi connectivity index (χ4v) is 3.95. The maximum Gasteiger partial charge on any atom is 0.223 e. The largest absolute Gasteiger partial charge is 0.396 e. The van der Waals surface area contributed by atoms with Crippen LogP contribution >= 0.6 is 0 Å². The molecule has 4 heteroatoms. The van der Waals surface area contributed by atoms with Gasteiger partial charge in [-0.2, -0.15) is 0 Å². The third-order valence-electron chi connectivity index (χ3n) is 5.24. The van der Waals surface area contributed by atoms with Gasteiger partial charge in [-0.1, -0.05) is 19.3 Å². The molecule has 0 aromatic carbocycles. The maximum atomic E-state index is 12.3. The van der Waals surface area contributed by atoms with Crippen LogP contribution in [-0.4, -0.2) is 30.7 Å². The lowest BCUT2D eigenvalue weighted by Crippen LogP contribution is -2.41. The molecule has 4 N–H and O–H groups in total. The van der Waals surface area contributed by atoms with Gasteiger partial charge in [-0.15, -0.1) is 0 Å². The van der Waals surface area contributed by atoms with Crippen molar-refractivity contribution in [3.05, 3.63) is 0 Å². The summed E-state index contributed by atoms with van der Waals surface area (Å²) in [7, 11) is 0. The van der Waals surface area contributed by atoms with Gasteiger partial charge in [0.2, 0.25) is 5.91 Å². The van der Waals surface area contributed by atoms with Crippen LogP contribution in [0.1, 0.15) is 51.4 Å². The Kier molecular flexibility index (Phi) is 5.22. The molecule has 0 aliphatic heterocycles. The summed E-state index contributed by atoms with van der Waals surface area (Å²) in [5.74, 6) is 0.687. The second-order valence-corrected chi connectivity index (χ2v) is 6.43. The monoisotopic (exact) mass is 268 g/mol. The van der Waals surface area contributed by atoms with Crippen LogP contribution in [0.15, 0.2) is 0 Å². The highest BCUT2D eigenvalue weighted by molar-refractivity contribution is 5.79. The van der Waals surface area contributed by atoms with E-state index in [1.54, 1.807) is 0 Å². The lowest BCUT2D eigenvalue weighted by molar-refractivity contribution is -0.126. The van der Waals surface area contributed by atoms with Gasteiger partial charge in [0.05, 0.1) is 0 Å². The van der Waals surface area contributed by atoms with E-state index in [0.29, 0.717) is 12.5 Å². The van der Waals surface area contributed by atoms with Crippen molar-refractivity contribution >= 4 is 5.91 Å². The van der Waals surface area contributed by atoms with Crippen molar-refractivity contribution in [1.29, 1.82) is 0 Å². The molecule has 0 radical (unpaired) electrons. The minimum absolute atomic E-state index is 0.123. The van der Waals surface area contributed by atoms with Crippen molar-refractivity contribution in [3.63, 3.8) is 0 Å². The Morgan fingerprint density at radius 1 is 1.26 bits per heavy atom. The number of aliphatic hydroxyl groups is 1. The maximum absolute atomic E-state index is 12.3. The van der Waals surface area contributed by atoms with Crippen LogP contribution in [0, 0.1) is 17.3 Å². The van der Waals surface area contributed by atoms with Crippen LogP contribution in [0.4, 0.5) is 0 Å². The summed E-state index contributed by atoms with van der Waals surface area (Å²) >= 11 is 0. The van der Waals surface area contributed by atoms with Crippen molar-refractivity contribution < 1.29 is 9.90 Å². The van der Waals surface area contributed by atoms with E-state index in [9.17, 15) is 9.90 Å². The van der Waals surface area contributed by atoms with E-state index in [1.807, 2.05) is 0 Å². The van der Waals surface area contributed by atoms with Gasteiger partial charge in [-0.05, 0) is 50.0 Å². The molecular weight excluding hydrogens is 240 g/mol. The highest BCUT2D eigenvalue weighted by atomic mass is 16.3. The minimum Gasteiger partial charge on any atom is -0.396 e. The van der Waals surface area contributed by atoms with Gasteiger partial charge >= 0.3 is 0 Å². The zero-order valence-corrected chi connectivity index (χ0v) is 11.9. The van der Waals surface area contributed by atoms with Crippen LogP contribution in [-0.2, 0) is 4.79 Å². The number of nitrogens with two attached hydrogens (primary N) is 1. The molecule has 0 aromatic heterocycles. The lowest BCUT2D eigenvalue weighted by Gasteiger charge is -2.29. The Balaban J connectivity index is 1.85. The van der Waals surface area contributed by atoms with E-state index in [1.165, 1.54) is 12.8 Å². The molecule has 19 heavy (non-hydrogen) atoms. The highest BCUT2D eigenvalue weighted by Crippen LogP contribution is 2.40. The molecule has 2 saturated carbocycles. The van der Waals surface area contributed by atoms with Gasteiger partial charge in [0, 0.05) is 19.1 Å². The first-order valence-corrected chi connectivity index (χ1v) is 7.79. The number of hydrogen-bond donors (Lipinski definition) is 3. The number of hydrogen-bond acceptors (Lipinski definition) is 3. The van der Waals surface area contributed by atoms with Crippen LogP contribution in [0.5, 0.6) is 0 Å². The quantitative estimate of drug-likeness (QED) is 0.682. The fourth-order valence-electron chi connectivity index (χ4n) is 3.95. The Morgan fingerprint density at radius 3 is 2.63 bits per heavy atom. The van der Waals surface area contributed by atoms with Crippen molar-refractivity contribution in [2.75, 3.05) is 19.7 Å². The molecule has 0 unspecified atom stereocenters. The van der Waals surface area contributed by atoms with E-state index in [-0.39, 0.29) is 23.8 Å². The second-order valence-electron chi connectivity index (χ2n) is 6.43. The van der Waals surface area contributed by atoms with Crippen LogP contribution in [0.25, 0.3) is 0 Å². The topological polar surface area (TPSA) is 75.4 Å².